The number of benzene rings is 1. The zero-order valence-electron chi connectivity index (χ0n) is 11.6. The summed E-state index contributed by atoms with van der Waals surface area (Å²) in [5, 5.41) is 5.40. The molecule has 3 heterocycles. The monoisotopic (exact) mass is 286 g/mol. The molecule has 0 saturated carbocycles. The molecule has 1 aliphatic rings. The molecular weight excluding hydrogens is 271 g/mol. The molecule has 2 aromatic heterocycles. The van der Waals surface area contributed by atoms with E-state index >= 15 is 0 Å². The Balaban J connectivity index is 1.81. The van der Waals surface area contributed by atoms with Gasteiger partial charge in [-0.25, -0.2) is 14.1 Å². The van der Waals surface area contributed by atoms with Crippen molar-refractivity contribution in [3.8, 4) is 11.4 Å². The lowest BCUT2D eigenvalue weighted by Gasteiger charge is -2.01. The number of aromatic amines is 1. The smallest absolute Gasteiger partial charge is 0.180 e. The van der Waals surface area contributed by atoms with Crippen molar-refractivity contribution < 1.29 is 9.13 Å². The summed E-state index contributed by atoms with van der Waals surface area (Å²) < 4.78 is 20.7. The first-order valence-corrected chi connectivity index (χ1v) is 7.02. The van der Waals surface area contributed by atoms with Crippen molar-refractivity contribution in [1.82, 2.24) is 19.7 Å². The van der Waals surface area contributed by atoms with E-state index in [1.807, 2.05) is 13.2 Å². The fourth-order valence-corrected chi connectivity index (χ4v) is 2.84. The lowest BCUT2D eigenvalue weighted by atomic mass is 10.1. The Morgan fingerprint density at radius 3 is 3.14 bits per heavy atom. The van der Waals surface area contributed by atoms with Crippen molar-refractivity contribution >= 4 is 10.9 Å². The highest BCUT2D eigenvalue weighted by atomic mass is 19.1. The molecule has 0 amide bonds. The molecule has 1 unspecified atom stereocenters. The molecule has 108 valence electrons. The minimum atomic E-state index is -0.256. The molecule has 21 heavy (non-hydrogen) atoms. The van der Waals surface area contributed by atoms with Crippen LogP contribution in [0.2, 0.25) is 0 Å². The van der Waals surface area contributed by atoms with Gasteiger partial charge in [0.15, 0.2) is 11.6 Å². The van der Waals surface area contributed by atoms with Gasteiger partial charge >= 0.3 is 0 Å². The molecule has 0 radical (unpaired) electrons. The van der Waals surface area contributed by atoms with E-state index in [2.05, 4.69) is 15.1 Å². The maximum absolute atomic E-state index is 13.3. The minimum Gasteiger partial charge on any atom is -0.370 e. The molecule has 1 aliphatic heterocycles. The van der Waals surface area contributed by atoms with Gasteiger partial charge in [-0.3, -0.25) is 0 Å². The van der Waals surface area contributed by atoms with Crippen LogP contribution in [0.25, 0.3) is 22.3 Å². The summed E-state index contributed by atoms with van der Waals surface area (Å²) in [6, 6.07) is 4.70. The van der Waals surface area contributed by atoms with Crippen LogP contribution in [0.3, 0.4) is 0 Å². The van der Waals surface area contributed by atoms with Crippen LogP contribution in [0, 0.1) is 5.82 Å². The van der Waals surface area contributed by atoms with E-state index in [4.69, 9.17) is 4.74 Å². The zero-order chi connectivity index (χ0) is 14.4. The van der Waals surface area contributed by atoms with Gasteiger partial charge in [-0.15, -0.1) is 0 Å². The predicted molar refractivity (Wildman–Crippen MR) is 76.2 cm³/mol. The average Bonchev–Trinajstić information content (AvgIpc) is 3.16. The summed E-state index contributed by atoms with van der Waals surface area (Å²) in [5.41, 5.74) is 1.68. The van der Waals surface area contributed by atoms with Crippen LogP contribution in [0.5, 0.6) is 0 Å². The fourth-order valence-electron chi connectivity index (χ4n) is 2.84. The maximum atomic E-state index is 13.3. The molecule has 1 saturated heterocycles. The SMILES string of the molecule is Cn1nc(C2CCCO2)nc1-c1c[nH]c2cc(F)ccc12. The minimum absolute atomic E-state index is 0.00685. The molecule has 1 atom stereocenters. The Kier molecular flexibility index (Phi) is 2.78. The van der Waals surface area contributed by atoms with Gasteiger partial charge in [0, 0.05) is 36.3 Å². The van der Waals surface area contributed by atoms with Crippen molar-refractivity contribution in [3.63, 3.8) is 0 Å². The molecule has 0 bridgehead atoms. The average molecular weight is 286 g/mol. The number of ether oxygens (including phenoxy) is 1. The quantitative estimate of drug-likeness (QED) is 0.788. The van der Waals surface area contributed by atoms with Gasteiger partial charge in [0.25, 0.3) is 0 Å². The van der Waals surface area contributed by atoms with E-state index in [0.29, 0.717) is 0 Å². The zero-order valence-corrected chi connectivity index (χ0v) is 11.6. The lowest BCUT2D eigenvalue weighted by molar-refractivity contribution is 0.105. The van der Waals surface area contributed by atoms with Crippen molar-refractivity contribution in [2.45, 2.75) is 18.9 Å². The number of fused-ring (bicyclic) bond motifs is 1. The van der Waals surface area contributed by atoms with Crippen LogP contribution < -0.4 is 0 Å². The van der Waals surface area contributed by atoms with Gasteiger partial charge in [-0.1, -0.05) is 0 Å². The number of aryl methyl sites for hydroxylation is 1. The standard InChI is InChI=1S/C15H15FN4O/c1-20-15(18-14(19-20)13-3-2-6-21-13)11-8-17-12-7-9(16)4-5-10(11)12/h4-5,7-8,13,17H,2-3,6H2,1H3. The summed E-state index contributed by atoms with van der Waals surface area (Å²) in [6.07, 6.45) is 3.84. The summed E-state index contributed by atoms with van der Waals surface area (Å²) in [6.45, 7) is 0.768. The van der Waals surface area contributed by atoms with Crippen LogP contribution >= 0.6 is 0 Å². The topological polar surface area (TPSA) is 55.7 Å². The van der Waals surface area contributed by atoms with Crippen LogP contribution in [0.4, 0.5) is 4.39 Å². The van der Waals surface area contributed by atoms with Crippen LogP contribution in [0.1, 0.15) is 24.8 Å². The van der Waals surface area contributed by atoms with E-state index < -0.39 is 0 Å². The Morgan fingerprint density at radius 2 is 2.33 bits per heavy atom. The third-order valence-corrected chi connectivity index (χ3v) is 3.88. The molecule has 6 heteroatoms. The molecule has 1 fully saturated rings. The molecule has 5 nitrogen and oxygen atoms in total. The lowest BCUT2D eigenvalue weighted by Crippen LogP contribution is -1.99. The molecule has 3 aromatic rings. The number of halogens is 1. The second-order valence-electron chi connectivity index (χ2n) is 5.31. The number of aromatic nitrogens is 4. The fraction of sp³-hybridized carbons (Fsp3) is 0.333. The molecule has 0 spiro atoms. The first-order chi connectivity index (χ1) is 10.2. The van der Waals surface area contributed by atoms with Crippen molar-refractivity contribution in [1.29, 1.82) is 0 Å². The van der Waals surface area contributed by atoms with E-state index in [-0.39, 0.29) is 11.9 Å². The van der Waals surface area contributed by atoms with Gasteiger partial charge in [0.2, 0.25) is 0 Å². The Hall–Kier alpha value is -2.21. The number of hydrogen-bond acceptors (Lipinski definition) is 3. The van der Waals surface area contributed by atoms with Gasteiger partial charge in [-0.05, 0) is 31.0 Å². The first-order valence-electron chi connectivity index (χ1n) is 7.02. The molecule has 4 rings (SSSR count). The third kappa shape index (κ3) is 2.03. The van der Waals surface area contributed by atoms with E-state index in [1.165, 1.54) is 12.1 Å². The highest BCUT2D eigenvalue weighted by molar-refractivity contribution is 5.93. The van der Waals surface area contributed by atoms with Gasteiger partial charge in [0.1, 0.15) is 11.9 Å². The molecule has 0 aliphatic carbocycles. The number of nitrogens with zero attached hydrogens (tertiary/aromatic N) is 3. The number of H-pyrrole nitrogens is 1. The van der Waals surface area contributed by atoms with Crippen LogP contribution in [0.15, 0.2) is 24.4 Å². The number of rotatable bonds is 2. The number of nitrogens with one attached hydrogen (secondary N) is 1. The van der Waals surface area contributed by atoms with Gasteiger partial charge in [-0.2, -0.15) is 5.10 Å². The second kappa shape index (κ2) is 4.66. The summed E-state index contributed by atoms with van der Waals surface area (Å²) in [5.74, 6) is 1.23. The summed E-state index contributed by atoms with van der Waals surface area (Å²) >= 11 is 0. The van der Waals surface area contributed by atoms with E-state index in [0.717, 1.165) is 47.6 Å². The molecule has 1 aromatic carbocycles. The molecule has 1 N–H and O–H groups in total. The molecular formula is C15H15FN4O. The predicted octanol–water partition coefficient (Wildman–Crippen LogP) is 2.95. The van der Waals surface area contributed by atoms with Gasteiger partial charge < -0.3 is 9.72 Å². The second-order valence-corrected chi connectivity index (χ2v) is 5.31. The normalized spacial score (nSPS) is 18.7. The van der Waals surface area contributed by atoms with Crippen LogP contribution in [-0.2, 0) is 11.8 Å². The Morgan fingerprint density at radius 1 is 1.43 bits per heavy atom. The highest BCUT2D eigenvalue weighted by Crippen LogP contribution is 2.31. The largest absolute Gasteiger partial charge is 0.370 e. The van der Waals surface area contributed by atoms with Crippen molar-refractivity contribution in [2.24, 2.45) is 7.05 Å². The third-order valence-electron chi connectivity index (χ3n) is 3.88. The first kappa shape index (κ1) is 12.5. The summed E-state index contributed by atoms with van der Waals surface area (Å²) in [4.78, 5) is 7.70. The van der Waals surface area contributed by atoms with Crippen molar-refractivity contribution in [3.05, 3.63) is 36.0 Å². The maximum Gasteiger partial charge on any atom is 0.180 e. The number of hydrogen-bond donors (Lipinski definition) is 1. The van der Waals surface area contributed by atoms with E-state index in [1.54, 1.807) is 10.7 Å². The van der Waals surface area contributed by atoms with E-state index in [9.17, 15) is 4.39 Å². The highest BCUT2D eigenvalue weighted by Gasteiger charge is 2.24. The Labute approximate surface area is 120 Å². The van der Waals surface area contributed by atoms with Crippen LogP contribution in [-0.4, -0.2) is 26.4 Å². The van der Waals surface area contributed by atoms with Crippen molar-refractivity contribution in [2.75, 3.05) is 6.61 Å². The Bertz CT molecular complexity index is 801. The summed E-state index contributed by atoms with van der Waals surface area (Å²) in [7, 11) is 1.86. The van der Waals surface area contributed by atoms with Gasteiger partial charge in [0.05, 0.1) is 0 Å².